The summed E-state index contributed by atoms with van der Waals surface area (Å²) in [5.41, 5.74) is 18.8. The van der Waals surface area contributed by atoms with E-state index < -0.39 is 8.07 Å². The lowest BCUT2D eigenvalue weighted by Crippen LogP contribution is -2.74. The zero-order valence-corrected chi connectivity index (χ0v) is 45.6. The van der Waals surface area contributed by atoms with Gasteiger partial charge in [0.15, 0.2) is 8.07 Å². The van der Waals surface area contributed by atoms with E-state index in [1.807, 2.05) is 0 Å². The van der Waals surface area contributed by atoms with Crippen LogP contribution in [0.5, 0.6) is 0 Å². The average Bonchev–Trinajstić information content (AvgIpc) is 4.04. The highest BCUT2D eigenvalue weighted by Crippen LogP contribution is 2.44. The molecule has 0 radical (unpaired) electrons. The van der Waals surface area contributed by atoms with E-state index in [0.717, 1.165) is 33.5 Å². The maximum absolute atomic E-state index is 3.29. The van der Waals surface area contributed by atoms with Crippen LogP contribution in [-0.4, -0.2) is 17.2 Å². The lowest BCUT2D eigenvalue weighted by Gasteiger charge is -2.36. The van der Waals surface area contributed by atoms with Crippen molar-refractivity contribution in [3.05, 3.63) is 328 Å². The van der Waals surface area contributed by atoms with E-state index in [-0.39, 0.29) is 0 Å². The first-order valence-corrected chi connectivity index (χ1v) is 30.0. The van der Waals surface area contributed by atoms with Crippen LogP contribution in [0, 0.1) is 0 Å². The molecule has 0 saturated carbocycles. The molecular formula is C78H54N2Si. The minimum atomic E-state index is -3.29. The van der Waals surface area contributed by atoms with Gasteiger partial charge in [-0.15, -0.1) is 0 Å². The van der Waals surface area contributed by atoms with Crippen molar-refractivity contribution in [2.24, 2.45) is 0 Å². The Balaban J connectivity index is 1.04. The van der Waals surface area contributed by atoms with Gasteiger partial charge in [-0.1, -0.05) is 285 Å². The third-order valence-electron chi connectivity index (χ3n) is 16.6. The quantitative estimate of drug-likeness (QED) is 0.0902. The molecule has 0 atom stereocenters. The molecule has 0 bridgehead atoms. The highest BCUT2D eigenvalue weighted by molar-refractivity contribution is 7.20. The number of hydrogen-bond acceptors (Lipinski definition) is 0. The minimum absolute atomic E-state index is 1.15. The lowest BCUT2D eigenvalue weighted by molar-refractivity contribution is 1.18. The Morgan fingerprint density at radius 2 is 0.630 bits per heavy atom. The molecule has 2 heterocycles. The van der Waals surface area contributed by atoms with Crippen molar-refractivity contribution in [2.45, 2.75) is 0 Å². The van der Waals surface area contributed by atoms with E-state index in [1.165, 1.54) is 97.8 Å². The Kier molecular flexibility index (Phi) is 11.9. The largest absolute Gasteiger partial charge is 0.309 e. The second kappa shape index (κ2) is 20.2. The fraction of sp³-hybridized carbons (Fsp3) is 0. The summed E-state index contributed by atoms with van der Waals surface area (Å²) in [6.45, 7) is 0. The van der Waals surface area contributed by atoms with Gasteiger partial charge in [0, 0.05) is 38.4 Å². The predicted molar refractivity (Wildman–Crippen MR) is 346 cm³/mol. The van der Waals surface area contributed by atoms with Gasteiger partial charge in [-0.05, 0) is 108 Å². The van der Waals surface area contributed by atoms with E-state index in [2.05, 4.69) is 337 Å². The molecule has 0 amide bonds. The maximum atomic E-state index is 2.58. The highest BCUT2D eigenvalue weighted by Gasteiger charge is 2.43. The van der Waals surface area contributed by atoms with Crippen molar-refractivity contribution in [1.82, 2.24) is 9.13 Å². The summed E-state index contributed by atoms with van der Waals surface area (Å²) in [5, 5.41) is 10.2. The number of nitrogens with zero attached hydrogens (tertiary/aromatic N) is 2. The topological polar surface area (TPSA) is 9.86 Å². The molecular weight excluding hydrogens is 993 g/mol. The third-order valence-corrected chi connectivity index (χ3v) is 21.4. The maximum Gasteiger partial charge on any atom is 0.179 e. The fourth-order valence-electron chi connectivity index (χ4n) is 13.1. The second-order valence-electron chi connectivity index (χ2n) is 21.1. The van der Waals surface area contributed by atoms with Crippen molar-refractivity contribution in [3.8, 4) is 67.0 Å². The number of fused-ring (bicyclic) bond motifs is 6. The molecule has 0 aliphatic carbocycles. The standard InChI is InChI=1S/C78H54N2Si/c1-7-26-55(27-8-1)59-34-23-40-64(50-59)81(63-38-17-6-18-39-63,65-41-24-35-60(51-65)56-28-9-2-10-29-56)66-53-70(57-30-11-3-12-31-57)78(71(54-66)58-32-13-4-14-33-58)80-73-45-21-19-42-68(73)72-52-61(48-49-75(72)80)67-44-25-47-76-77(67)69-43-20-22-46-74(69)79(76)62-36-15-5-16-37-62/h1-54H. The van der Waals surface area contributed by atoms with Gasteiger partial charge in [-0.3, -0.25) is 0 Å². The molecule has 2 aromatic heterocycles. The second-order valence-corrected chi connectivity index (χ2v) is 24.9. The van der Waals surface area contributed by atoms with E-state index >= 15 is 0 Å². The monoisotopic (exact) mass is 1050 g/mol. The molecule has 15 rings (SSSR count). The minimum Gasteiger partial charge on any atom is -0.309 e. The molecule has 15 aromatic rings. The molecule has 0 spiro atoms. The summed E-state index contributed by atoms with van der Waals surface area (Å²) in [4.78, 5) is 0. The number of aromatic nitrogens is 2. The first-order chi connectivity index (χ1) is 40.2. The van der Waals surface area contributed by atoms with Gasteiger partial charge in [0.25, 0.3) is 0 Å². The van der Waals surface area contributed by atoms with Crippen molar-refractivity contribution < 1.29 is 0 Å². The van der Waals surface area contributed by atoms with Crippen molar-refractivity contribution in [1.29, 1.82) is 0 Å². The molecule has 3 heteroatoms. The fourth-order valence-corrected chi connectivity index (χ4v) is 17.9. The van der Waals surface area contributed by atoms with Crippen molar-refractivity contribution in [2.75, 3.05) is 0 Å². The van der Waals surface area contributed by atoms with Crippen LogP contribution < -0.4 is 20.7 Å². The zero-order chi connectivity index (χ0) is 53.7. The van der Waals surface area contributed by atoms with Crippen LogP contribution in [0.1, 0.15) is 0 Å². The molecule has 81 heavy (non-hydrogen) atoms. The van der Waals surface area contributed by atoms with Crippen LogP contribution in [0.25, 0.3) is 111 Å². The molecule has 2 nitrogen and oxygen atoms in total. The van der Waals surface area contributed by atoms with Crippen molar-refractivity contribution >= 4 is 72.4 Å². The summed E-state index contributed by atoms with van der Waals surface area (Å²) in [7, 11) is -3.29. The third kappa shape index (κ3) is 8.08. The number of rotatable bonds is 11. The normalized spacial score (nSPS) is 11.7. The van der Waals surface area contributed by atoms with E-state index in [4.69, 9.17) is 0 Å². The molecule has 0 unspecified atom stereocenters. The number of benzene rings is 13. The number of para-hydroxylation sites is 3. The van der Waals surface area contributed by atoms with Crippen molar-refractivity contribution in [3.63, 3.8) is 0 Å². The molecule has 13 aromatic carbocycles. The molecule has 0 aliphatic heterocycles. The summed E-state index contributed by atoms with van der Waals surface area (Å²) < 4.78 is 4.98. The Bertz CT molecular complexity index is 4630. The summed E-state index contributed by atoms with van der Waals surface area (Å²) >= 11 is 0. The average molecular weight is 1050 g/mol. The Morgan fingerprint density at radius 1 is 0.210 bits per heavy atom. The van der Waals surface area contributed by atoms with Crippen LogP contribution >= 0.6 is 0 Å². The van der Waals surface area contributed by atoms with Crippen LogP contribution in [0.15, 0.2) is 328 Å². The van der Waals surface area contributed by atoms with Gasteiger partial charge in [-0.25, -0.2) is 0 Å². The van der Waals surface area contributed by atoms with Gasteiger partial charge in [0.05, 0.1) is 27.8 Å². The van der Waals surface area contributed by atoms with Gasteiger partial charge in [0.1, 0.15) is 0 Å². The first-order valence-electron chi connectivity index (χ1n) is 28.0. The van der Waals surface area contributed by atoms with Crippen LogP contribution in [0.3, 0.4) is 0 Å². The smallest absolute Gasteiger partial charge is 0.179 e. The van der Waals surface area contributed by atoms with Crippen LogP contribution in [0.2, 0.25) is 0 Å². The van der Waals surface area contributed by atoms with Gasteiger partial charge in [0.2, 0.25) is 0 Å². The molecule has 0 saturated heterocycles. The SMILES string of the molecule is c1ccc(-c2cccc([Si](c3ccccc3)(c3cccc(-c4ccccc4)c3)c3cc(-c4ccccc4)c(-n4c5ccccc5c5cc(-c6cccc7c6c6ccccc6n7-c6ccccc6)ccc54)c(-c4ccccc4)c3)c2)cc1. The predicted octanol–water partition coefficient (Wildman–Crippen LogP) is 17.6. The lowest BCUT2D eigenvalue weighted by atomic mass is 9.95. The Morgan fingerprint density at radius 3 is 1.20 bits per heavy atom. The van der Waals surface area contributed by atoms with Gasteiger partial charge >= 0.3 is 0 Å². The summed E-state index contributed by atoms with van der Waals surface area (Å²) in [5.74, 6) is 0. The van der Waals surface area contributed by atoms with E-state index in [0.29, 0.717) is 0 Å². The number of hydrogen-bond donors (Lipinski definition) is 0. The van der Waals surface area contributed by atoms with Crippen LogP contribution in [-0.2, 0) is 0 Å². The zero-order valence-electron chi connectivity index (χ0n) is 44.6. The highest BCUT2D eigenvalue weighted by atomic mass is 28.3. The molecule has 0 fully saturated rings. The first kappa shape index (κ1) is 47.9. The van der Waals surface area contributed by atoms with E-state index in [1.54, 1.807) is 0 Å². The molecule has 0 aliphatic rings. The van der Waals surface area contributed by atoms with Gasteiger partial charge < -0.3 is 9.13 Å². The Labute approximate surface area is 473 Å². The summed E-state index contributed by atoms with van der Waals surface area (Å²) in [6, 6.07) is 122. The molecule has 0 N–H and O–H groups in total. The summed E-state index contributed by atoms with van der Waals surface area (Å²) in [6.07, 6.45) is 0. The van der Waals surface area contributed by atoms with Crippen LogP contribution in [0.4, 0.5) is 0 Å². The van der Waals surface area contributed by atoms with Gasteiger partial charge in [-0.2, -0.15) is 0 Å². The molecule has 380 valence electrons. The Hall–Kier alpha value is -10.3. The van der Waals surface area contributed by atoms with E-state index in [9.17, 15) is 0 Å².